The predicted octanol–water partition coefficient (Wildman–Crippen LogP) is 5.64. The lowest BCUT2D eigenvalue weighted by Crippen LogP contribution is -2.30. The zero-order chi connectivity index (χ0) is 18.1. The molecular weight excluding hydrogens is 419 g/mol. The number of thiazole rings is 1. The summed E-state index contributed by atoms with van der Waals surface area (Å²) in [6, 6.07) is 15.1. The van der Waals surface area contributed by atoms with Crippen LogP contribution in [-0.4, -0.2) is 10.9 Å². The fourth-order valence-electron chi connectivity index (χ4n) is 2.56. The maximum atomic E-state index is 13.5. The Balaban J connectivity index is 1.77. The summed E-state index contributed by atoms with van der Waals surface area (Å²) in [4.78, 5) is 19.2. The first-order valence-electron chi connectivity index (χ1n) is 7.76. The van der Waals surface area contributed by atoms with Gasteiger partial charge >= 0.3 is 0 Å². The topological polar surface area (TPSA) is 46.3 Å². The summed E-state index contributed by atoms with van der Waals surface area (Å²) in [5, 5.41) is 0.493. The van der Waals surface area contributed by atoms with Crippen molar-refractivity contribution in [2.45, 2.75) is 6.54 Å². The van der Waals surface area contributed by atoms with E-state index in [1.807, 2.05) is 6.07 Å². The second-order valence-electron chi connectivity index (χ2n) is 5.59. The number of nitrogens with zero attached hydrogens (tertiary/aromatic N) is 2. The maximum absolute atomic E-state index is 13.5. The summed E-state index contributed by atoms with van der Waals surface area (Å²) in [5.41, 5.74) is 1.18. The first-order chi connectivity index (χ1) is 12.6. The van der Waals surface area contributed by atoms with E-state index in [2.05, 4.69) is 20.9 Å². The Kier molecular flexibility index (Phi) is 4.57. The maximum Gasteiger partial charge on any atom is 0.260 e. The molecular formula is C19H12BrFN2O2S. The second-order valence-corrected chi connectivity index (χ2v) is 7.51. The Morgan fingerprint density at radius 1 is 1.19 bits per heavy atom. The third-order valence-electron chi connectivity index (χ3n) is 3.78. The Morgan fingerprint density at radius 3 is 2.85 bits per heavy atom. The first-order valence-corrected chi connectivity index (χ1v) is 9.37. The molecule has 0 aliphatic carbocycles. The van der Waals surface area contributed by atoms with Crippen LogP contribution in [0.1, 0.15) is 16.1 Å². The van der Waals surface area contributed by atoms with Gasteiger partial charge in [-0.3, -0.25) is 9.69 Å². The average molecular weight is 431 g/mol. The van der Waals surface area contributed by atoms with Gasteiger partial charge in [0.1, 0.15) is 11.6 Å². The van der Waals surface area contributed by atoms with Crippen LogP contribution in [0.4, 0.5) is 9.52 Å². The number of hydrogen-bond donors (Lipinski definition) is 0. The van der Waals surface area contributed by atoms with E-state index in [9.17, 15) is 9.18 Å². The number of carbonyl (C=O) groups is 1. The number of fused-ring (bicyclic) bond motifs is 1. The standard InChI is InChI=1S/C19H12BrFN2O2S/c20-13-4-1-3-12(9-13)18(24)23(11-15-5-2-8-25-15)19-22-16-7-6-14(21)10-17(16)26-19/h1-10H,11H2. The largest absolute Gasteiger partial charge is 0.467 e. The van der Waals surface area contributed by atoms with Gasteiger partial charge in [-0.05, 0) is 48.5 Å². The zero-order valence-corrected chi connectivity index (χ0v) is 15.8. The lowest BCUT2D eigenvalue weighted by atomic mass is 10.2. The van der Waals surface area contributed by atoms with Crippen LogP contribution in [0.25, 0.3) is 10.2 Å². The van der Waals surface area contributed by atoms with Crippen LogP contribution in [0, 0.1) is 5.82 Å². The van der Waals surface area contributed by atoms with E-state index in [0.29, 0.717) is 26.7 Å². The summed E-state index contributed by atoms with van der Waals surface area (Å²) in [6.07, 6.45) is 1.56. The Labute approximate surface area is 161 Å². The van der Waals surface area contributed by atoms with Crippen LogP contribution in [-0.2, 0) is 6.54 Å². The van der Waals surface area contributed by atoms with Crippen LogP contribution in [0.3, 0.4) is 0 Å². The Bertz CT molecular complexity index is 1080. The molecule has 0 bridgehead atoms. The summed E-state index contributed by atoms with van der Waals surface area (Å²) in [7, 11) is 0. The van der Waals surface area contributed by atoms with Gasteiger partial charge in [0.25, 0.3) is 5.91 Å². The zero-order valence-electron chi connectivity index (χ0n) is 13.4. The molecule has 4 rings (SSSR count). The van der Waals surface area contributed by atoms with Crippen LogP contribution in [0.5, 0.6) is 0 Å². The highest BCUT2D eigenvalue weighted by Gasteiger charge is 2.23. The molecule has 4 aromatic rings. The van der Waals surface area contributed by atoms with E-state index in [1.54, 1.807) is 47.6 Å². The molecule has 0 fully saturated rings. The van der Waals surface area contributed by atoms with Gasteiger partial charge in [-0.1, -0.05) is 33.3 Å². The minimum atomic E-state index is -0.330. The monoisotopic (exact) mass is 430 g/mol. The van der Waals surface area contributed by atoms with Gasteiger partial charge in [0, 0.05) is 10.0 Å². The van der Waals surface area contributed by atoms with Crippen molar-refractivity contribution in [3.05, 3.63) is 82.5 Å². The molecule has 0 N–H and O–H groups in total. The normalized spacial score (nSPS) is 11.0. The summed E-state index contributed by atoms with van der Waals surface area (Å²) >= 11 is 4.66. The number of anilines is 1. The number of hydrogen-bond acceptors (Lipinski definition) is 4. The fourth-order valence-corrected chi connectivity index (χ4v) is 3.95. The van der Waals surface area contributed by atoms with Crippen molar-refractivity contribution in [3.63, 3.8) is 0 Å². The Hall–Kier alpha value is -2.51. The van der Waals surface area contributed by atoms with E-state index in [1.165, 1.54) is 23.5 Å². The lowest BCUT2D eigenvalue weighted by molar-refractivity contribution is 0.0983. The van der Waals surface area contributed by atoms with Crippen LogP contribution < -0.4 is 4.90 Å². The molecule has 2 heterocycles. The number of amides is 1. The van der Waals surface area contributed by atoms with Crippen LogP contribution in [0.15, 0.2) is 69.8 Å². The molecule has 2 aromatic carbocycles. The smallest absolute Gasteiger partial charge is 0.260 e. The molecule has 26 heavy (non-hydrogen) atoms. The van der Waals surface area contributed by atoms with Crippen molar-refractivity contribution in [2.75, 3.05) is 4.90 Å². The molecule has 0 radical (unpaired) electrons. The van der Waals surface area contributed by atoms with Crippen molar-refractivity contribution in [1.82, 2.24) is 4.98 Å². The van der Waals surface area contributed by atoms with E-state index >= 15 is 0 Å². The number of aromatic nitrogens is 1. The second kappa shape index (κ2) is 7.01. The molecule has 7 heteroatoms. The molecule has 0 spiro atoms. The lowest BCUT2D eigenvalue weighted by Gasteiger charge is -2.19. The molecule has 0 unspecified atom stereocenters. The molecule has 130 valence electrons. The SMILES string of the molecule is O=C(c1cccc(Br)c1)N(Cc1ccco1)c1nc2ccc(F)cc2s1. The van der Waals surface area contributed by atoms with Gasteiger partial charge in [0.2, 0.25) is 0 Å². The molecule has 0 aliphatic rings. The molecule has 0 aliphatic heterocycles. The third kappa shape index (κ3) is 3.40. The third-order valence-corrected chi connectivity index (χ3v) is 5.32. The minimum Gasteiger partial charge on any atom is -0.467 e. The average Bonchev–Trinajstić information content (AvgIpc) is 3.28. The van der Waals surface area contributed by atoms with Crippen molar-refractivity contribution in [2.24, 2.45) is 0 Å². The van der Waals surface area contributed by atoms with Crippen molar-refractivity contribution < 1.29 is 13.6 Å². The van der Waals surface area contributed by atoms with Crippen molar-refractivity contribution >= 4 is 48.5 Å². The van der Waals surface area contributed by atoms with Gasteiger partial charge in [-0.2, -0.15) is 0 Å². The molecule has 4 nitrogen and oxygen atoms in total. The number of furan rings is 1. The summed E-state index contributed by atoms with van der Waals surface area (Å²) in [5.74, 6) is 0.101. The number of benzene rings is 2. The van der Waals surface area contributed by atoms with Gasteiger partial charge < -0.3 is 4.42 Å². The molecule has 0 atom stereocenters. The van der Waals surface area contributed by atoms with E-state index < -0.39 is 0 Å². The quantitative estimate of drug-likeness (QED) is 0.420. The molecule has 0 saturated heterocycles. The summed E-state index contributed by atoms with van der Waals surface area (Å²) < 4.78 is 20.4. The number of carbonyl (C=O) groups excluding carboxylic acids is 1. The number of rotatable bonds is 4. The van der Waals surface area contributed by atoms with Crippen molar-refractivity contribution in [1.29, 1.82) is 0 Å². The summed E-state index contributed by atoms with van der Waals surface area (Å²) in [6.45, 7) is 0.237. The highest BCUT2D eigenvalue weighted by atomic mass is 79.9. The first kappa shape index (κ1) is 16.9. The predicted molar refractivity (Wildman–Crippen MR) is 103 cm³/mol. The Morgan fingerprint density at radius 2 is 2.08 bits per heavy atom. The van der Waals surface area contributed by atoms with Crippen molar-refractivity contribution in [3.8, 4) is 0 Å². The van der Waals surface area contributed by atoms with Gasteiger partial charge in [-0.15, -0.1) is 0 Å². The minimum absolute atomic E-state index is 0.206. The van der Waals surface area contributed by atoms with E-state index in [-0.39, 0.29) is 18.3 Å². The van der Waals surface area contributed by atoms with E-state index in [0.717, 1.165) is 4.47 Å². The molecule has 0 saturated carbocycles. The number of halogens is 2. The fraction of sp³-hybridized carbons (Fsp3) is 0.0526. The molecule has 1 amide bonds. The van der Waals surface area contributed by atoms with Crippen LogP contribution >= 0.6 is 27.3 Å². The van der Waals surface area contributed by atoms with Gasteiger partial charge in [0.05, 0.1) is 23.0 Å². The molecule has 2 aromatic heterocycles. The van der Waals surface area contributed by atoms with Crippen LogP contribution in [0.2, 0.25) is 0 Å². The highest BCUT2D eigenvalue weighted by Crippen LogP contribution is 2.31. The highest BCUT2D eigenvalue weighted by molar-refractivity contribution is 9.10. The van der Waals surface area contributed by atoms with Gasteiger partial charge in [0.15, 0.2) is 5.13 Å². The van der Waals surface area contributed by atoms with Gasteiger partial charge in [-0.25, -0.2) is 9.37 Å². The van der Waals surface area contributed by atoms with E-state index in [4.69, 9.17) is 4.42 Å².